The average molecular weight is 187 g/mol. The number of aromatic amines is 1. The molecule has 2 aromatic rings. The molecule has 0 spiro atoms. The molecular weight excluding hydrogens is 178 g/mol. The topological polar surface area (TPSA) is 58.6 Å². The normalized spacial score (nSPS) is 10.1. The van der Waals surface area contributed by atoms with E-state index in [1.807, 2.05) is 19.1 Å². The predicted molar refractivity (Wildman–Crippen MR) is 52.8 cm³/mol. The largest absolute Gasteiger partial charge is 0.268 e. The van der Waals surface area contributed by atoms with Crippen LogP contribution in [0.25, 0.3) is 11.1 Å². The Kier molecular flexibility index (Phi) is 2.10. The molecule has 0 aliphatic rings. The van der Waals surface area contributed by atoms with Crippen molar-refractivity contribution in [1.29, 1.82) is 0 Å². The lowest BCUT2D eigenvalue weighted by atomic mass is 10.1. The highest BCUT2D eigenvalue weighted by Gasteiger charge is 1.98. The van der Waals surface area contributed by atoms with Gasteiger partial charge < -0.3 is 0 Å². The van der Waals surface area contributed by atoms with Gasteiger partial charge in [-0.1, -0.05) is 6.07 Å². The van der Waals surface area contributed by atoms with Gasteiger partial charge in [0.1, 0.15) is 0 Å². The molecule has 4 heteroatoms. The lowest BCUT2D eigenvalue weighted by molar-refractivity contribution is 0.990. The average Bonchev–Trinajstić information content (AvgIpc) is 2.19. The highest BCUT2D eigenvalue weighted by molar-refractivity contribution is 5.60. The molecule has 14 heavy (non-hydrogen) atoms. The van der Waals surface area contributed by atoms with Crippen LogP contribution in [0.5, 0.6) is 0 Å². The minimum absolute atomic E-state index is 0.205. The van der Waals surface area contributed by atoms with E-state index in [0.717, 1.165) is 16.8 Å². The molecule has 0 radical (unpaired) electrons. The summed E-state index contributed by atoms with van der Waals surface area (Å²) in [5.74, 6) is 0. The molecule has 0 aliphatic heterocycles. The van der Waals surface area contributed by atoms with Crippen LogP contribution in [0.2, 0.25) is 0 Å². The lowest BCUT2D eigenvalue weighted by Crippen LogP contribution is -2.05. The van der Waals surface area contributed by atoms with Crippen molar-refractivity contribution in [3.05, 3.63) is 46.6 Å². The van der Waals surface area contributed by atoms with Gasteiger partial charge in [0.05, 0.1) is 6.20 Å². The Bertz CT molecular complexity index is 487. The molecule has 0 fully saturated rings. The second-order valence-corrected chi connectivity index (χ2v) is 3.02. The highest BCUT2D eigenvalue weighted by atomic mass is 16.1. The van der Waals surface area contributed by atoms with Crippen LogP contribution in [0.1, 0.15) is 5.69 Å². The van der Waals surface area contributed by atoms with Crippen molar-refractivity contribution >= 4 is 0 Å². The fourth-order valence-corrected chi connectivity index (χ4v) is 1.17. The summed E-state index contributed by atoms with van der Waals surface area (Å²) in [4.78, 5) is 15.1. The Morgan fingerprint density at radius 1 is 1.21 bits per heavy atom. The number of pyridine rings is 1. The summed E-state index contributed by atoms with van der Waals surface area (Å²) in [6.45, 7) is 1.92. The van der Waals surface area contributed by atoms with Crippen LogP contribution in [0, 0.1) is 6.92 Å². The molecule has 2 heterocycles. The molecule has 1 N–H and O–H groups in total. The van der Waals surface area contributed by atoms with Crippen LogP contribution < -0.4 is 5.56 Å². The van der Waals surface area contributed by atoms with E-state index in [1.165, 1.54) is 6.07 Å². The first-order chi connectivity index (χ1) is 6.75. The molecular formula is C10H9N3O. The summed E-state index contributed by atoms with van der Waals surface area (Å²) in [7, 11) is 0. The Balaban J connectivity index is 2.50. The molecule has 0 saturated carbocycles. The van der Waals surface area contributed by atoms with Gasteiger partial charge in [-0.25, -0.2) is 5.10 Å². The second-order valence-electron chi connectivity index (χ2n) is 3.02. The van der Waals surface area contributed by atoms with Gasteiger partial charge in [0.2, 0.25) is 0 Å². The maximum Gasteiger partial charge on any atom is 0.264 e. The third-order valence-corrected chi connectivity index (χ3v) is 1.91. The smallest absolute Gasteiger partial charge is 0.264 e. The van der Waals surface area contributed by atoms with E-state index in [9.17, 15) is 4.79 Å². The van der Waals surface area contributed by atoms with Gasteiger partial charge in [0.25, 0.3) is 5.56 Å². The fourth-order valence-electron chi connectivity index (χ4n) is 1.17. The van der Waals surface area contributed by atoms with Crippen LogP contribution >= 0.6 is 0 Å². The summed E-state index contributed by atoms with van der Waals surface area (Å²) < 4.78 is 0. The minimum atomic E-state index is -0.205. The third-order valence-electron chi connectivity index (χ3n) is 1.91. The standard InChI is InChI=1S/C10H9N3O/c1-7-2-3-8(5-11-7)9-4-10(14)13-12-6-9/h2-6H,1H3,(H,13,14). The zero-order chi connectivity index (χ0) is 9.97. The molecule has 0 saturated heterocycles. The van der Waals surface area contributed by atoms with Crippen molar-refractivity contribution in [2.75, 3.05) is 0 Å². The van der Waals surface area contributed by atoms with Gasteiger partial charge in [0, 0.05) is 29.1 Å². The van der Waals surface area contributed by atoms with Gasteiger partial charge in [-0.15, -0.1) is 0 Å². The molecule has 2 aromatic heterocycles. The Morgan fingerprint density at radius 3 is 2.71 bits per heavy atom. The lowest BCUT2D eigenvalue weighted by Gasteiger charge is -1.99. The van der Waals surface area contributed by atoms with E-state index >= 15 is 0 Å². The summed E-state index contributed by atoms with van der Waals surface area (Å²) in [6.07, 6.45) is 3.33. The maximum atomic E-state index is 11.0. The molecule has 0 aromatic carbocycles. The van der Waals surface area contributed by atoms with Gasteiger partial charge in [-0.05, 0) is 13.0 Å². The van der Waals surface area contributed by atoms with E-state index in [1.54, 1.807) is 12.4 Å². The monoisotopic (exact) mass is 187 g/mol. The molecule has 0 amide bonds. The van der Waals surface area contributed by atoms with Crippen molar-refractivity contribution in [3.8, 4) is 11.1 Å². The van der Waals surface area contributed by atoms with Crippen LogP contribution in [0.3, 0.4) is 0 Å². The quantitative estimate of drug-likeness (QED) is 0.728. The van der Waals surface area contributed by atoms with Crippen molar-refractivity contribution in [2.45, 2.75) is 6.92 Å². The maximum absolute atomic E-state index is 11.0. The van der Waals surface area contributed by atoms with Gasteiger partial charge in [0.15, 0.2) is 0 Å². The Labute approximate surface area is 80.6 Å². The number of aryl methyl sites for hydroxylation is 1. The van der Waals surface area contributed by atoms with Crippen LogP contribution in [-0.4, -0.2) is 15.2 Å². The summed E-state index contributed by atoms with van der Waals surface area (Å²) in [5.41, 5.74) is 2.42. The first-order valence-corrected chi connectivity index (χ1v) is 4.23. The summed E-state index contributed by atoms with van der Waals surface area (Å²) in [6, 6.07) is 5.31. The number of hydrogen-bond donors (Lipinski definition) is 1. The van der Waals surface area contributed by atoms with E-state index in [4.69, 9.17) is 0 Å². The van der Waals surface area contributed by atoms with E-state index < -0.39 is 0 Å². The number of hydrogen-bond acceptors (Lipinski definition) is 3. The van der Waals surface area contributed by atoms with Crippen molar-refractivity contribution < 1.29 is 0 Å². The molecule has 4 nitrogen and oxygen atoms in total. The molecule has 70 valence electrons. The zero-order valence-corrected chi connectivity index (χ0v) is 7.69. The Morgan fingerprint density at radius 2 is 2.07 bits per heavy atom. The Hall–Kier alpha value is -1.97. The minimum Gasteiger partial charge on any atom is -0.268 e. The van der Waals surface area contributed by atoms with Crippen LogP contribution in [0.15, 0.2) is 35.4 Å². The first kappa shape index (κ1) is 8.62. The van der Waals surface area contributed by atoms with Crippen LogP contribution in [0.4, 0.5) is 0 Å². The van der Waals surface area contributed by atoms with Gasteiger partial charge in [-0.3, -0.25) is 9.78 Å². The molecule has 0 unspecified atom stereocenters. The molecule has 0 aliphatic carbocycles. The number of aromatic nitrogens is 3. The number of rotatable bonds is 1. The first-order valence-electron chi connectivity index (χ1n) is 4.23. The zero-order valence-electron chi connectivity index (χ0n) is 7.69. The third kappa shape index (κ3) is 1.69. The molecule has 2 rings (SSSR count). The van der Waals surface area contributed by atoms with Crippen LogP contribution in [-0.2, 0) is 0 Å². The second kappa shape index (κ2) is 3.41. The van der Waals surface area contributed by atoms with Crippen molar-refractivity contribution in [1.82, 2.24) is 15.2 Å². The van der Waals surface area contributed by atoms with Gasteiger partial charge in [-0.2, -0.15) is 5.10 Å². The van der Waals surface area contributed by atoms with E-state index in [-0.39, 0.29) is 5.56 Å². The van der Waals surface area contributed by atoms with E-state index in [0.29, 0.717) is 0 Å². The van der Waals surface area contributed by atoms with Crippen molar-refractivity contribution in [2.24, 2.45) is 0 Å². The predicted octanol–water partition coefficient (Wildman–Crippen LogP) is 1.14. The van der Waals surface area contributed by atoms with Crippen molar-refractivity contribution in [3.63, 3.8) is 0 Å². The number of H-pyrrole nitrogens is 1. The number of nitrogens with zero attached hydrogens (tertiary/aromatic N) is 2. The summed E-state index contributed by atoms with van der Waals surface area (Å²) >= 11 is 0. The van der Waals surface area contributed by atoms with E-state index in [2.05, 4.69) is 15.2 Å². The molecule has 0 bridgehead atoms. The van der Waals surface area contributed by atoms with Gasteiger partial charge >= 0.3 is 0 Å². The SMILES string of the molecule is Cc1ccc(-c2cn[nH]c(=O)c2)cn1. The number of nitrogens with one attached hydrogen (secondary N) is 1. The fraction of sp³-hybridized carbons (Fsp3) is 0.100. The highest BCUT2D eigenvalue weighted by Crippen LogP contribution is 2.14. The summed E-state index contributed by atoms with van der Waals surface area (Å²) in [5, 5.41) is 6.04. The molecule has 0 atom stereocenters.